The van der Waals surface area contributed by atoms with Crippen LogP contribution in [0.2, 0.25) is 0 Å². The minimum Gasteiger partial charge on any atom is -0.352 e. The van der Waals surface area contributed by atoms with E-state index in [9.17, 15) is 22.4 Å². The van der Waals surface area contributed by atoms with Crippen LogP contribution in [0.25, 0.3) is 0 Å². The summed E-state index contributed by atoms with van der Waals surface area (Å²) in [6.07, 6.45) is 1.36. The van der Waals surface area contributed by atoms with Crippen molar-refractivity contribution in [2.75, 3.05) is 6.54 Å². The SMILES string of the molecule is CCCCCCCCNC(=O)c1cccc(C(F)(F)F)c1F. The second-order valence-corrected chi connectivity index (χ2v) is 5.19. The number of halogens is 4. The van der Waals surface area contributed by atoms with Crippen LogP contribution in [0.1, 0.15) is 61.4 Å². The zero-order chi connectivity index (χ0) is 16.6. The largest absolute Gasteiger partial charge is 0.419 e. The first kappa shape index (κ1) is 18.5. The van der Waals surface area contributed by atoms with Gasteiger partial charge < -0.3 is 5.32 Å². The summed E-state index contributed by atoms with van der Waals surface area (Å²) in [4.78, 5) is 11.8. The Labute approximate surface area is 127 Å². The van der Waals surface area contributed by atoms with Crippen molar-refractivity contribution in [3.63, 3.8) is 0 Å². The number of hydrogen-bond acceptors (Lipinski definition) is 1. The molecule has 0 fully saturated rings. The first-order chi connectivity index (χ1) is 10.4. The van der Waals surface area contributed by atoms with Crippen molar-refractivity contribution in [3.8, 4) is 0 Å². The molecule has 0 aliphatic carbocycles. The van der Waals surface area contributed by atoms with Crippen LogP contribution in [0.4, 0.5) is 17.6 Å². The number of nitrogens with one attached hydrogen (secondary N) is 1. The molecule has 0 aliphatic rings. The van der Waals surface area contributed by atoms with Crippen molar-refractivity contribution >= 4 is 5.91 Å². The van der Waals surface area contributed by atoms with Gasteiger partial charge in [-0.15, -0.1) is 0 Å². The van der Waals surface area contributed by atoms with E-state index < -0.39 is 29.0 Å². The van der Waals surface area contributed by atoms with E-state index in [0.717, 1.165) is 44.2 Å². The van der Waals surface area contributed by atoms with Crippen LogP contribution < -0.4 is 5.32 Å². The Kier molecular flexibility index (Phi) is 7.35. The third-order valence-electron chi connectivity index (χ3n) is 3.36. The van der Waals surface area contributed by atoms with Crippen molar-refractivity contribution in [2.24, 2.45) is 0 Å². The molecule has 1 amide bonds. The van der Waals surface area contributed by atoms with Crippen molar-refractivity contribution in [2.45, 2.75) is 51.6 Å². The molecular formula is C16H21F4NO. The monoisotopic (exact) mass is 319 g/mol. The molecule has 6 heteroatoms. The van der Waals surface area contributed by atoms with E-state index in [1.807, 2.05) is 0 Å². The average molecular weight is 319 g/mol. The Balaban J connectivity index is 2.50. The van der Waals surface area contributed by atoms with Gasteiger partial charge in [0.2, 0.25) is 0 Å². The lowest BCUT2D eigenvalue weighted by Gasteiger charge is -2.11. The first-order valence-corrected chi connectivity index (χ1v) is 7.51. The fourth-order valence-corrected chi connectivity index (χ4v) is 2.13. The molecule has 0 saturated heterocycles. The zero-order valence-electron chi connectivity index (χ0n) is 12.6. The van der Waals surface area contributed by atoms with Gasteiger partial charge in [-0.1, -0.05) is 45.1 Å². The van der Waals surface area contributed by atoms with Crippen LogP contribution in [-0.2, 0) is 6.18 Å². The van der Waals surface area contributed by atoms with Crippen LogP contribution in [0.5, 0.6) is 0 Å². The van der Waals surface area contributed by atoms with Gasteiger partial charge in [0, 0.05) is 6.54 Å². The number of benzene rings is 1. The summed E-state index contributed by atoms with van der Waals surface area (Å²) >= 11 is 0. The first-order valence-electron chi connectivity index (χ1n) is 7.51. The van der Waals surface area contributed by atoms with Gasteiger partial charge in [0.1, 0.15) is 5.82 Å². The van der Waals surface area contributed by atoms with Gasteiger partial charge in [-0.25, -0.2) is 4.39 Å². The standard InChI is InChI=1S/C16H21F4NO/c1-2-3-4-5-6-7-11-21-15(22)12-9-8-10-13(14(12)17)16(18,19)20/h8-10H,2-7,11H2,1H3,(H,21,22). The molecule has 22 heavy (non-hydrogen) atoms. The van der Waals surface area contributed by atoms with E-state index in [4.69, 9.17) is 0 Å². The maximum Gasteiger partial charge on any atom is 0.419 e. The zero-order valence-corrected chi connectivity index (χ0v) is 12.6. The van der Waals surface area contributed by atoms with E-state index in [1.54, 1.807) is 0 Å². The highest BCUT2D eigenvalue weighted by molar-refractivity contribution is 5.94. The number of amides is 1. The Morgan fingerprint density at radius 3 is 2.36 bits per heavy atom. The second kappa shape index (κ2) is 8.76. The molecule has 1 N–H and O–H groups in total. The molecule has 0 aliphatic heterocycles. The van der Waals surface area contributed by atoms with Crippen LogP contribution >= 0.6 is 0 Å². The number of alkyl halides is 3. The van der Waals surface area contributed by atoms with Crippen molar-refractivity contribution in [3.05, 3.63) is 35.1 Å². The van der Waals surface area contributed by atoms with E-state index in [1.165, 1.54) is 6.42 Å². The molecule has 1 aromatic rings. The highest BCUT2D eigenvalue weighted by Crippen LogP contribution is 2.32. The molecule has 0 bridgehead atoms. The van der Waals surface area contributed by atoms with Crippen LogP contribution in [0, 0.1) is 5.82 Å². The quantitative estimate of drug-likeness (QED) is 0.534. The lowest BCUT2D eigenvalue weighted by Crippen LogP contribution is -2.26. The fraction of sp³-hybridized carbons (Fsp3) is 0.562. The Bertz CT molecular complexity index is 486. The van der Waals surface area contributed by atoms with Crippen molar-refractivity contribution < 1.29 is 22.4 Å². The van der Waals surface area contributed by atoms with Gasteiger partial charge in [0.15, 0.2) is 0 Å². The average Bonchev–Trinajstić information content (AvgIpc) is 2.45. The van der Waals surface area contributed by atoms with E-state index in [-0.39, 0.29) is 0 Å². The Morgan fingerprint density at radius 2 is 1.73 bits per heavy atom. The highest BCUT2D eigenvalue weighted by atomic mass is 19.4. The molecule has 0 unspecified atom stereocenters. The molecule has 0 radical (unpaired) electrons. The van der Waals surface area contributed by atoms with Gasteiger partial charge in [0.05, 0.1) is 11.1 Å². The molecule has 0 saturated carbocycles. The number of carbonyl (C=O) groups is 1. The number of hydrogen-bond donors (Lipinski definition) is 1. The molecule has 1 rings (SSSR count). The minimum absolute atomic E-state index is 0.334. The van der Waals surface area contributed by atoms with Crippen molar-refractivity contribution in [1.29, 1.82) is 0 Å². The van der Waals surface area contributed by atoms with Crippen LogP contribution in [0.15, 0.2) is 18.2 Å². The van der Waals surface area contributed by atoms with Gasteiger partial charge in [0.25, 0.3) is 5.91 Å². The van der Waals surface area contributed by atoms with Crippen molar-refractivity contribution in [1.82, 2.24) is 5.32 Å². The normalized spacial score (nSPS) is 11.5. The second-order valence-electron chi connectivity index (χ2n) is 5.19. The van der Waals surface area contributed by atoms with Gasteiger partial charge in [-0.3, -0.25) is 4.79 Å². The number of carbonyl (C=O) groups excluding carboxylic acids is 1. The summed E-state index contributed by atoms with van der Waals surface area (Å²) in [5.74, 6) is -2.33. The van der Waals surface area contributed by atoms with Crippen LogP contribution in [-0.4, -0.2) is 12.5 Å². The van der Waals surface area contributed by atoms with Gasteiger partial charge in [-0.2, -0.15) is 13.2 Å². The highest BCUT2D eigenvalue weighted by Gasteiger charge is 2.35. The maximum atomic E-state index is 13.8. The molecule has 0 spiro atoms. The van der Waals surface area contributed by atoms with Gasteiger partial charge in [-0.05, 0) is 18.6 Å². The topological polar surface area (TPSA) is 29.1 Å². The fourth-order valence-electron chi connectivity index (χ4n) is 2.13. The summed E-state index contributed by atoms with van der Waals surface area (Å²) in [6, 6.07) is 2.71. The summed E-state index contributed by atoms with van der Waals surface area (Å²) in [7, 11) is 0. The molecule has 124 valence electrons. The molecule has 1 aromatic carbocycles. The number of unbranched alkanes of at least 4 members (excludes halogenated alkanes) is 5. The Morgan fingerprint density at radius 1 is 1.09 bits per heavy atom. The Hall–Kier alpha value is -1.59. The third kappa shape index (κ3) is 5.66. The summed E-state index contributed by atoms with van der Waals surface area (Å²) in [6.45, 7) is 2.45. The lowest BCUT2D eigenvalue weighted by molar-refractivity contribution is -0.140. The summed E-state index contributed by atoms with van der Waals surface area (Å²) in [5.41, 5.74) is -1.99. The molecule has 0 atom stereocenters. The maximum absolute atomic E-state index is 13.8. The summed E-state index contributed by atoms with van der Waals surface area (Å²) in [5, 5.41) is 2.46. The van der Waals surface area contributed by atoms with E-state index in [0.29, 0.717) is 12.6 Å². The predicted molar refractivity (Wildman–Crippen MR) is 77.1 cm³/mol. The summed E-state index contributed by atoms with van der Waals surface area (Å²) < 4.78 is 51.5. The van der Waals surface area contributed by atoms with Gasteiger partial charge >= 0.3 is 6.18 Å². The lowest BCUT2D eigenvalue weighted by atomic mass is 10.1. The molecule has 2 nitrogen and oxygen atoms in total. The van der Waals surface area contributed by atoms with E-state index >= 15 is 0 Å². The smallest absolute Gasteiger partial charge is 0.352 e. The third-order valence-corrected chi connectivity index (χ3v) is 3.36. The molecule has 0 aromatic heterocycles. The molecule has 0 heterocycles. The van der Waals surface area contributed by atoms with Crippen LogP contribution in [0.3, 0.4) is 0 Å². The molecular weight excluding hydrogens is 298 g/mol. The predicted octanol–water partition coefficient (Wildman–Crippen LogP) is 4.93. The number of rotatable bonds is 8. The van der Waals surface area contributed by atoms with E-state index in [2.05, 4.69) is 12.2 Å². The minimum atomic E-state index is -4.81.